The molecule has 1 aromatic rings. The Labute approximate surface area is 121 Å². The van der Waals surface area contributed by atoms with Crippen LogP contribution in [0.5, 0.6) is 0 Å². The smallest absolute Gasteiger partial charge is 0.243 e. The lowest BCUT2D eigenvalue weighted by Crippen LogP contribution is -2.56. The van der Waals surface area contributed by atoms with E-state index in [2.05, 4.69) is 11.8 Å². The third kappa shape index (κ3) is 3.19. The van der Waals surface area contributed by atoms with Crippen LogP contribution >= 0.6 is 0 Å². The number of amides is 1. The average molecular weight is 275 g/mol. The number of carbonyl (C=O) groups excluding carboxylic acids is 1. The minimum atomic E-state index is -1.09. The van der Waals surface area contributed by atoms with Gasteiger partial charge in [-0.2, -0.15) is 0 Å². The first-order valence-corrected chi connectivity index (χ1v) is 7.43. The highest BCUT2D eigenvalue weighted by Gasteiger charge is 2.37. The van der Waals surface area contributed by atoms with E-state index in [1.54, 1.807) is 0 Å². The summed E-state index contributed by atoms with van der Waals surface area (Å²) >= 11 is 0. The van der Waals surface area contributed by atoms with Gasteiger partial charge in [0.05, 0.1) is 0 Å². The molecular formula is C16H25N3O. The van der Waals surface area contributed by atoms with Gasteiger partial charge in [-0.15, -0.1) is 0 Å². The molecule has 110 valence electrons. The van der Waals surface area contributed by atoms with E-state index in [4.69, 9.17) is 11.5 Å². The predicted molar refractivity (Wildman–Crippen MR) is 81.0 cm³/mol. The van der Waals surface area contributed by atoms with Crippen molar-refractivity contribution in [2.75, 3.05) is 19.6 Å². The molecule has 0 aliphatic carbocycles. The van der Waals surface area contributed by atoms with Crippen LogP contribution in [0.15, 0.2) is 30.3 Å². The Morgan fingerprint density at radius 1 is 1.40 bits per heavy atom. The molecule has 2 atom stereocenters. The second-order valence-electron chi connectivity index (χ2n) is 5.88. The molecule has 4 N–H and O–H groups in total. The summed E-state index contributed by atoms with van der Waals surface area (Å²) < 4.78 is 0. The second kappa shape index (κ2) is 6.37. The van der Waals surface area contributed by atoms with Gasteiger partial charge < -0.3 is 16.4 Å². The van der Waals surface area contributed by atoms with Gasteiger partial charge in [0.25, 0.3) is 0 Å². The zero-order chi connectivity index (χ0) is 14.6. The molecule has 1 heterocycles. The Bertz CT molecular complexity index is 448. The van der Waals surface area contributed by atoms with Gasteiger partial charge in [0.15, 0.2) is 0 Å². The quantitative estimate of drug-likeness (QED) is 0.825. The monoisotopic (exact) mass is 275 g/mol. The molecule has 1 aromatic carbocycles. The van der Waals surface area contributed by atoms with Crippen molar-refractivity contribution in [3.63, 3.8) is 0 Å². The minimum Gasteiger partial charge on any atom is -0.368 e. The fourth-order valence-corrected chi connectivity index (χ4v) is 3.10. The van der Waals surface area contributed by atoms with Gasteiger partial charge in [-0.25, -0.2) is 0 Å². The summed E-state index contributed by atoms with van der Waals surface area (Å²) in [5.41, 5.74) is 11.6. The van der Waals surface area contributed by atoms with E-state index in [1.807, 2.05) is 30.3 Å². The lowest BCUT2D eigenvalue weighted by atomic mass is 9.89. The van der Waals surface area contributed by atoms with E-state index in [1.165, 1.54) is 19.3 Å². The second-order valence-corrected chi connectivity index (χ2v) is 5.88. The summed E-state index contributed by atoms with van der Waals surface area (Å²) in [7, 11) is 0. The van der Waals surface area contributed by atoms with E-state index in [-0.39, 0.29) is 0 Å². The molecule has 0 bridgehead atoms. The van der Waals surface area contributed by atoms with Crippen LogP contribution in [0.1, 0.15) is 31.7 Å². The van der Waals surface area contributed by atoms with Gasteiger partial charge in [-0.3, -0.25) is 4.79 Å². The molecule has 2 unspecified atom stereocenters. The van der Waals surface area contributed by atoms with Crippen LogP contribution in [-0.2, 0) is 10.3 Å². The maximum atomic E-state index is 11.9. The van der Waals surface area contributed by atoms with Gasteiger partial charge >= 0.3 is 0 Å². The highest BCUT2D eigenvalue weighted by molar-refractivity contribution is 5.86. The summed E-state index contributed by atoms with van der Waals surface area (Å²) in [6.45, 7) is 4.74. The van der Waals surface area contributed by atoms with Crippen LogP contribution < -0.4 is 11.5 Å². The van der Waals surface area contributed by atoms with Crippen molar-refractivity contribution in [2.24, 2.45) is 17.4 Å². The Morgan fingerprint density at radius 2 is 2.10 bits per heavy atom. The molecule has 1 aliphatic heterocycles. The molecular weight excluding hydrogens is 250 g/mol. The number of benzene rings is 1. The van der Waals surface area contributed by atoms with Gasteiger partial charge in [0, 0.05) is 13.1 Å². The molecule has 2 rings (SSSR count). The highest BCUT2D eigenvalue weighted by Crippen LogP contribution is 2.25. The van der Waals surface area contributed by atoms with Gasteiger partial charge in [-0.05, 0) is 30.9 Å². The maximum Gasteiger partial charge on any atom is 0.243 e. The maximum absolute atomic E-state index is 11.9. The van der Waals surface area contributed by atoms with Crippen molar-refractivity contribution in [1.82, 2.24) is 4.90 Å². The van der Waals surface area contributed by atoms with Crippen LogP contribution in [0.2, 0.25) is 0 Å². The largest absolute Gasteiger partial charge is 0.368 e. The van der Waals surface area contributed by atoms with Crippen LogP contribution in [-0.4, -0.2) is 30.4 Å². The SMILES string of the molecule is CCCC1CCN(CC(N)(C(N)=O)c2ccccc2)C1. The molecule has 1 amide bonds. The van der Waals surface area contributed by atoms with E-state index in [0.717, 1.165) is 24.6 Å². The standard InChI is InChI=1S/C16H25N3O/c1-2-6-13-9-10-19(11-13)12-16(18,15(17)20)14-7-4-3-5-8-14/h3-5,7-8,13H,2,6,9-12,18H2,1H3,(H2,17,20). The minimum absolute atomic E-state index is 0.456. The molecule has 0 aromatic heterocycles. The Hall–Kier alpha value is -1.39. The van der Waals surface area contributed by atoms with Gasteiger partial charge in [-0.1, -0.05) is 43.7 Å². The first-order chi connectivity index (χ1) is 9.56. The zero-order valence-corrected chi connectivity index (χ0v) is 12.2. The number of nitrogens with two attached hydrogens (primary N) is 2. The van der Waals surface area contributed by atoms with Gasteiger partial charge in [0.1, 0.15) is 5.54 Å². The lowest BCUT2D eigenvalue weighted by Gasteiger charge is -2.31. The third-order valence-electron chi connectivity index (χ3n) is 4.27. The summed E-state index contributed by atoms with van der Waals surface area (Å²) in [5.74, 6) is 0.274. The van der Waals surface area contributed by atoms with Crippen molar-refractivity contribution < 1.29 is 4.79 Å². The molecule has 1 fully saturated rings. The molecule has 0 radical (unpaired) electrons. The van der Waals surface area contributed by atoms with Crippen molar-refractivity contribution in [1.29, 1.82) is 0 Å². The average Bonchev–Trinajstić information content (AvgIpc) is 2.87. The van der Waals surface area contributed by atoms with Crippen molar-refractivity contribution in [3.05, 3.63) is 35.9 Å². The number of likely N-dealkylation sites (tertiary alicyclic amines) is 1. The summed E-state index contributed by atoms with van der Waals surface area (Å²) in [6.07, 6.45) is 3.65. The van der Waals surface area contributed by atoms with E-state index < -0.39 is 11.4 Å². The Balaban J connectivity index is 2.09. The van der Waals surface area contributed by atoms with Crippen molar-refractivity contribution >= 4 is 5.91 Å². The van der Waals surface area contributed by atoms with E-state index >= 15 is 0 Å². The number of carbonyl (C=O) groups is 1. The summed E-state index contributed by atoms with van der Waals surface area (Å²) in [6, 6.07) is 9.46. The third-order valence-corrected chi connectivity index (χ3v) is 4.27. The van der Waals surface area contributed by atoms with Crippen LogP contribution in [0.4, 0.5) is 0 Å². The van der Waals surface area contributed by atoms with Crippen LogP contribution in [0.25, 0.3) is 0 Å². The molecule has 0 spiro atoms. The topological polar surface area (TPSA) is 72.3 Å². The van der Waals surface area contributed by atoms with Gasteiger partial charge in [0.2, 0.25) is 5.91 Å². The van der Waals surface area contributed by atoms with E-state index in [9.17, 15) is 4.79 Å². The normalized spacial score (nSPS) is 22.6. The number of rotatable bonds is 6. The number of hydrogen-bond donors (Lipinski definition) is 2. The molecule has 4 nitrogen and oxygen atoms in total. The van der Waals surface area contributed by atoms with E-state index in [0.29, 0.717) is 6.54 Å². The van der Waals surface area contributed by atoms with Crippen LogP contribution in [0, 0.1) is 5.92 Å². The summed E-state index contributed by atoms with van der Waals surface area (Å²) in [5, 5.41) is 0. The first-order valence-electron chi connectivity index (χ1n) is 7.43. The predicted octanol–water partition coefficient (Wildman–Crippen LogP) is 1.45. The van der Waals surface area contributed by atoms with Crippen molar-refractivity contribution in [3.8, 4) is 0 Å². The number of primary amides is 1. The molecule has 1 aliphatic rings. The number of nitrogens with zero attached hydrogens (tertiary/aromatic N) is 1. The molecule has 0 saturated carbocycles. The first kappa shape index (κ1) is 15.0. The van der Waals surface area contributed by atoms with Crippen molar-refractivity contribution in [2.45, 2.75) is 31.7 Å². The fourth-order valence-electron chi connectivity index (χ4n) is 3.10. The fraction of sp³-hybridized carbons (Fsp3) is 0.562. The van der Waals surface area contributed by atoms with Crippen LogP contribution in [0.3, 0.4) is 0 Å². The molecule has 4 heteroatoms. The molecule has 1 saturated heterocycles. The Kier molecular flexibility index (Phi) is 4.78. The zero-order valence-electron chi connectivity index (χ0n) is 12.2. The molecule has 20 heavy (non-hydrogen) atoms. The highest BCUT2D eigenvalue weighted by atomic mass is 16.1. The lowest BCUT2D eigenvalue weighted by molar-refractivity contribution is -0.124. The number of hydrogen-bond acceptors (Lipinski definition) is 3. The summed E-state index contributed by atoms with van der Waals surface area (Å²) in [4.78, 5) is 14.2. The Morgan fingerprint density at radius 3 is 2.70 bits per heavy atom.